The van der Waals surface area contributed by atoms with Crippen LogP contribution in [0, 0.1) is 0 Å². The van der Waals surface area contributed by atoms with E-state index in [1.807, 2.05) is 30.3 Å². The molecule has 4 aromatic rings. The number of rotatable bonds is 6. The molecule has 0 atom stereocenters. The van der Waals surface area contributed by atoms with Crippen molar-refractivity contribution < 1.29 is 0 Å². The van der Waals surface area contributed by atoms with Crippen LogP contribution in [0.1, 0.15) is 64.6 Å². The lowest BCUT2D eigenvalue weighted by Gasteiger charge is -2.19. The van der Waals surface area contributed by atoms with Crippen molar-refractivity contribution in [2.75, 3.05) is 17.7 Å². The zero-order valence-electron chi connectivity index (χ0n) is 21.4. The highest BCUT2D eigenvalue weighted by atomic mass is 15.3. The first-order chi connectivity index (χ1) is 16.9. The van der Waals surface area contributed by atoms with Gasteiger partial charge in [-0.3, -0.25) is 0 Å². The highest BCUT2D eigenvalue weighted by Crippen LogP contribution is 2.33. The molecule has 0 bridgehead atoms. The van der Waals surface area contributed by atoms with Gasteiger partial charge in [0.1, 0.15) is 16.9 Å². The number of aromatic nitrogens is 5. The van der Waals surface area contributed by atoms with Gasteiger partial charge in [0, 0.05) is 36.6 Å². The van der Waals surface area contributed by atoms with Crippen LogP contribution in [0.4, 0.5) is 11.6 Å². The van der Waals surface area contributed by atoms with E-state index in [1.165, 1.54) is 31.2 Å². The van der Waals surface area contributed by atoms with E-state index in [0.29, 0.717) is 6.04 Å². The predicted molar refractivity (Wildman–Crippen MR) is 143 cm³/mol. The summed E-state index contributed by atoms with van der Waals surface area (Å²) < 4.78 is 1.91. The molecule has 0 unspecified atom stereocenters. The van der Waals surface area contributed by atoms with Gasteiger partial charge in [-0.1, -0.05) is 52.7 Å². The highest BCUT2D eigenvalue weighted by molar-refractivity contribution is 5.97. The van der Waals surface area contributed by atoms with Crippen LogP contribution >= 0.6 is 0 Å². The molecule has 0 aliphatic heterocycles. The topological polar surface area (TPSA) is 80.6 Å². The highest BCUT2D eigenvalue weighted by Gasteiger charge is 2.21. The van der Waals surface area contributed by atoms with Crippen molar-refractivity contribution in [3.63, 3.8) is 0 Å². The van der Waals surface area contributed by atoms with Crippen molar-refractivity contribution in [1.82, 2.24) is 24.7 Å². The maximum Gasteiger partial charge on any atom is 0.153 e. The van der Waals surface area contributed by atoms with E-state index >= 15 is 0 Å². The van der Waals surface area contributed by atoms with E-state index in [2.05, 4.69) is 72.7 Å². The monoisotopic (exact) mass is 469 g/mol. The van der Waals surface area contributed by atoms with Crippen LogP contribution in [-0.2, 0) is 11.8 Å². The van der Waals surface area contributed by atoms with Gasteiger partial charge in [0.25, 0.3) is 0 Å². The molecule has 2 N–H and O–H groups in total. The Morgan fingerprint density at radius 2 is 1.71 bits per heavy atom. The second-order valence-electron chi connectivity index (χ2n) is 10.4. The van der Waals surface area contributed by atoms with Gasteiger partial charge >= 0.3 is 0 Å². The van der Waals surface area contributed by atoms with Gasteiger partial charge in [-0.25, -0.2) is 19.6 Å². The summed E-state index contributed by atoms with van der Waals surface area (Å²) in [5.41, 5.74) is 6.96. The summed E-state index contributed by atoms with van der Waals surface area (Å²) in [7, 11) is 1.87. The minimum absolute atomic E-state index is 0.119. The Bertz CT molecular complexity index is 1330. The minimum atomic E-state index is 0.119. The summed E-state index contributed by atoms with van der Waals surface area (Å²) in [6.45, 7) is 8.80. The van der Waals surface area contributed by atoms with E-state index in [0.717, 1.165) is 51.6 Å². The van der Waals surface area contributed by atoms with Gasteiger partial charge in [-0.15, -0.1) is 0 Å². The van der Waals surface area contributed by atoms with Gasteiger partial charge in [0.05, 0.1) is 17.6 Å². The normalized spacial score (nSPS) is 14.5. The second-order valence-corrected chi connectivity index (χ2v) is 10.4. The molecule has 1 aromatic carbocycles. The van der Waals surface area contributed by atoms with E-state index in [4.69, 9.17) is 9.97 Å². The number of hydrogen-bond donors (Lipinski definition) is 2. The largest absolute Gasteiger partial charge is 0.371 e. The fourth-order valence-corrected chi connectivity index (χ4v) is 4.81. The summed E-state index contributed by atoms with van der Waals surface area (Å²) in [6, 6.07) is 9.06. The first-order valence-corrected chi connectivity index (χ1v) is 12.7. The van der Waals surface area contributed by atoms with Gasteiger partial charge in [-0.05, 0) is 42.4 Å². The molecule has 7 heteroatoms. The van der Waals surface area contributed by atoms with E-state index in [9.17, 15) is 0 Å². The lowest BCUT2D eigenvalue weighted by atomic mass is 9.87. The molecule has 0 saturated heterocycles. The summed E-state index contributed by atoms with van der Waals surface area (Å²) in [4.78, 5) is 14.8. The Morgan fingerprint density at radius 3 is 2.37 bits per heavy atom. The van der Waals surface area contributed by atoms with Gasteiger partial charge in [0.2, 0.25) is 0 Å². The maximum atomic E-state index is 5.12. The van der Waals surface area contributed by atoms with Crippen molar-refractivity contribution in [1.29, 1.82) is 0 Å². The van der Waals surface area contributed by atoms with Crippen LogP contribution in [0.15, 0.2) is 42.9 Å². The molecule has 1 fully saturated rings. The van der Waals surface area contributed by atoms with Crippen LogP contribution in [-0.4, -0.2) is 37.8 Å². The molecular weight excluding hydrogens is 434 g/mol. The number of pyridine rings is 1. The minimum Gasteiger partial charge on any atom is -0.371 e. The van der Waals surface area contributed by atoms with Crippen LogP contribution < -0.4 is 10.6 Å². The Hall–Kier alpha value is -3.48. The third kappa shape index (κ3) is 4.59. The molecule has 0 spiro atoms. The molecule has 5 rings (SSSR count). The predicted octanol–water partition coefficient (Wildman–Crippen LogP) is 6.13. The van der Waals surface area contributed by atoms with E-state index < -0.39 is 0 Å². The first-order valence-electron chi connectivity index (χ1n) is 12.7. The number of aryl methyl sites for hydroxylation is 1. The smallest absolute Gasteiger partial charge is 0.153 e. The van der Waals surface area contributed by atoms with Crippen LogP contribution in [0.25, 0.3) is 27.8 Å². The number of benzene rings is 1. The summed E-state index contributed by atoms with van der Waals surface area (Å²) >= 11 is 0. The fraction of sp³-hybridized carbons (Fsp3) is 0.429. The molecule has 182 valence electrons. The van der Waals surface area contributed by atoms with Crippen molar-refractivity contribution in [2.24, 2.45) is 0 Å². The van der Waals surface area contributed by atoms with Crippen molar-refractivity contribution in [3.05, 3.63) is 54.1 Å². The van der Waals surface area contributed by atoms with Crippen LogP contribution in [0.5, 0.6) is 0 Å². The van der Waals surface area contributed by atoms with E-state index in [-0.39, 0.29) is 5.41 Å². The Labute approximate surface area is 207 Å². The SMILES string of the molecule is CCc1nc2c(NC)ncc(-c3cnn(-c4ccc(C(C)(C)C)cc4)c3)c2nc1NC1CCCC1. The number of anilines is 2. The Balaban J connectivity index is 1.56. The molecule has 1 aliphatic carbocycles. The molecule has 0 amide bonds. The molecule has 35 heavy (non-hydrogen) atoms. The molecule has 7 nitrogen and oxygen atoms in total. The molecule has 0 radical (unpaired) electrons. The van der Waals surface area contributed by atoms with Gasteiger partial charge < -0.3 is 10.6 Å². The van der Waals surface area contributed by atoms with E-state index in [1.54, 1.807) is 0 Å². The number of nitrogens with zero attached hydrogens (tertiary/aromatic N) is 5. The molecule has 1 aliphatic rings. The number of fused-ring (bicyclic) bond motifs is 1. The molecular formula is C28H35N7. The van der Waals surface area contributed by atoms with Gasteiger partial charge in [-0.2, -0.15) is 5.10 Å². The molecule has 1 saturated carbocycles. The standard InChI is InChI=1S/C28H35N7/c1-6-23-26(32-20-9-7-8-10-20)34-24-22(16-30-27(29-5)25(24)33-23)18-15-31-35(17-18)21-13-11-19(12-14-21)28(2,3)4/h11-17,20H,6-10H2,1-5H3,(H,29,30)(H,32,34). The summed E-state index contributed by atoms with van der Waals surface area (Å²) in [5, 5.41) is 11.5. The zero-order valence-corrected chi connectivity index (χ0v) is 21.4. The van der Waals surface area contributed by atoms with Crippen molar-refractivity contribution in [2.45, 2.75) is 71.3 Å². The fourth-order valence-electron chi connectivity index (χ4n) is 4.81. The second kappa shape index (κ2) is 9.29. The first kappa shape index (κ1) is 23.3. The summed E-state index contributed by atoms with van der Waals surface area (Å²) in [5.74, 6) is 1.63. The van der Waals surface area contributed by atoms with Crippen molar-refractivity contribution >= 4 is 22.7 Å². The average molecular weight is 470 g/mol. The summed E-state index contributed by atoms with van der Waals surface area (Å²) in [6.07, 6.45) is 11.5. The maximum absolute atomic E-state index is 5.12. The Kier molecular flexibility index (Phi) is 6.17. The zero-order chi connectivity index (χ0) is 24.6. The lowest BCUT2D eigenvalue weighted by molar-refractivity contribution is 0.590. The number of hydrogen-bond acceptors (Lipinski definition) is 6. The average Bonchev–Trinajstić information content (AvgIpc) is 3.55. The third-order valence-corrected chi connectivity index (χ3v) is 6.93. The quantitative estimate of drug-likeness (QED) is 0.353. The van der Waals surface area contributed by atoms with Gasteiger partial charge in [0.15, 0.2) is 5.82 Å². The lowest BCUT2D eigenvalue weighted by Crippen LogP contribution is -2.18. The number of nitrogens with one attached hydrogen (secondary N) is 2. The Morgan fingerprint density at radius 1 is 0.971 bits per heavy atom. The van der Waals surface area contributed by atoms with Crippen LogP contribution in [0.3, 0.4) is 0 Å². The molecule has 3 aromatic heterocycles. The molecule has 3 heterocycles. The van der Waals surface area contributed by atoms with Crippen molar-refractivity contribution in [3.8, 4) is 16.8 Å². The third-order valence-electron chi connectivity index (χ3n) is 6.93. The van der Waals surface area contributed by atoms with Crippen LogP contribution in [0.2, 0.25) is 0 Å².